The maximum atomic E-state index is 12.9. The van der Waals surface area contributed by atoms with Crippen LogP contribution < -0.4 is 0 Å². The molecule has 4 nitrogen and oxygen atoms in total. The number of aliphatic carboxylic acids is 1. The minimum atomic E-state index is -4.35. The second-order valence-corrected chi connectivity index (χ2v) is 8.34. The predicted molar refractivity (Wildman–Crippen MR) is 106 cm³/mol. The zero-order chi connectivity index (χ0) is 21.3. The van der Waals surface area contributed by atoms with Gasteiger partial charge in [0.2, 0.25) is 0 Å². The molecule has 2 heterocycles. The third-order valence-corrected chi connectivity index (χ3v) is 6.34. The van der Waals surface area contributed by atoms with E-state index in [1.165, 1.54) is 23.3 Å². The molecular formula is C23H26F3NO3. The number of aromatic nitrogens is 1. The van der Waals surface area contributed by atoms with E-state index in [1.54, 1.807) is 0 Å². The molecule has 0 bridgehead atoms. The Morgan fingerprint density at radius 2 is 1.83 bits per heavy atom. The monoisotopic (exact) mass is 421 g/mol. The van der Waals surface area contributed by atoms with Gasteiger partial charge in [-0.1, -0.05) is 12.1 Å². The van der Waals surface area contributed by atoms with E-state index >= 15 is 0 Å². The van der Waals surface area contributed by atoms with Crippen LogP contribution in [0.3, 0.4) is 0 Å². The number of fused-ring (bicyclic) bond motifs is 1. The average molecular weight is 421 g/mol. The van der Waals surface area contributed by atoms with Crippen LogP contribution in [0.25, 0.3) is 0 Å². The fourth-order valence-electron chi connectivity index (χ4n) is 4.95. The Hall–Kier alpha value is -2.28. The summed E-state index contributed by atoms with van der Waals surface area (Å²) >= 11 is 0. The highest BCUT2D eigenvalue weighted by Gasteiger charge is 2.32. The van der Waals surface area contributed by atoms with E-state index in [1.807, 2.05) is 0 Å². The van der Waals surface area contributed by atoms with Crippen LogP contribution >= 0.6 is 0 Å². The summed E-state index contributed by atoms with van der Waals surface area (Å²) in [5.74, 6) is -0.484. The van der Waals surface area contributed by atoms with Crippen molar-refractivity contribution in [3.8, 4) is 0 Å². The van der Waals surface area contributed by atoms with Crippen LogP contribution in [0.15, 0.2) is 30.5 Å². The van der Waals surface area contributed by atoms with Gasteiger partial charge in [-0.15, -0.1) is 0 Å². The Bertz CT molecular complexity index is 896. The summed E-state index contributed by atoms with van der Waals surface area (Å²) in [6.07, 6.45) is 2.46. The Morgan fingerprint density at radius 3 is 2.47 bits per heavy atom. The number of ether oxygens (including phenoxy) is 1. The molecule has 2 aliphatic rings. The molecule has 0 spiro atoms. The van der Waals surface area contributed by atoms with Crippen molar-refractivity contribution in [3.63, 3.8) is 0 Å². The van der Waals surface area contributed by atoms with Crippen LogP contribution in [-0.2, 0) is 28.7 Å². The topological polar surface area (TPSA) is 51.5 Å². The number of rotatable bonds is 5. The third-order valence-electron chi connectivity index (χ3n) is 6.34. The predicted octanol–water partition coefficient (Wildman–Crippen LogP) is 5.34. The highest BCUT2D eigenvalue weighted by atomic mass is 19.4. The molecule has 1 N–H and O–H groups in total. The van der Waals surface area contributed by atoms with Crippen molar-refractivity contribution in [1.29, 1.82) is 0 Å². The van der Waals surface area contributed by atoms with Gasteiger partial charge in [-0.3, -0.25) is 4.79 Å². The summed E-state index contributed by atoms with van der Waals surface area (Å²) in [6.45, 7) is 1.89. The summed E-state index contributed by atoms with van der Waals surface area (Å²) in [5, 5.41) is 9.40. The van der Waals surface area contributed by atoms with Crippen molar-refractivity contribution < 1.29 is 27.8 Å². The number of carboxylic acid groups (broad SMARTS) is 1. The molecule has 2 aromatic rings. The van der Waals surface area contributed by atoms with Gasteiger partial charge in [0.05, 0.1) is 12.0 Å². The van der Waals surface area contributed by atoms with E-state index in [-0.39, 0.29) is 12.3 Å². The fraction of sp³-hybridized carbons (Fsp3) is 0.522. The van der Waals surface area contributed by atoms with E-state index in [0.29, 0.717) is 12.5 Å². The van der Waals surface area contributed by atoms with E-state index in [0.717, 1.165) is 68.7 Å². The zero-order valence-corrected chi connectivity index (χ0v) is 16.8. The molecule has 1 aromatic heterocycles. The van der Waals surface area contributed by atoms with Crippen molar-refractivity contribution in [2.45, 2.75) is 63.1 Å². The fourth-order valence-corrected chi connectivity index (χ4v) is 4.95. The molecule has 0 radical (unpaired) electrons. The quantitative estimate of drug-likeness (QED) is 0.709. The number of benzene rings is 1. The Labute approximate surface area is 173 Å². The first-order valence-corrected chi connectivity index (χ1v) is 10.5. The largest absolute Gasteiger partial charge is 0.481 e. The SMILES string of the molecule is O=C(O)CC1CCCc2c(C3CCOCC3)cn(Cc3ccc(C(F)(F)F)cc3)c21. The molecule has 0 saturated carbocycles. The van der Waals surface area contributed by atoms with Crippen molar-refractivity contribution >= 4 is 5.97 Å². The molecule has 1 fully saturated rings. The molecule has 1 atom stereocenters. The summed E-state index contributed by atoms with van der Waals surface area (Å²) in [7, 11) is 0. The van der Waals surface area contributed by atoms with Crippen molar-refractivity contribution in [1.82, 2.24) is 4.57 Å². The van der Waals surface area contributed by atoms with Gasteiger partial charge in [0.15, 0.2) is 0 Å². The summed E-state index contributed by atoms with van der Waals surface area (Å²) in [5.41, 5.74) is 3.71. The van der Waals surface area contributed by atoms with E-state index in [9.17, 15) is 23.1 Å². The van der Waals surface area contributed by atoms with Crippen molar-refractivity contribution in [3.05, 3.63) is 58.4 Å². The number of carboxylic acids is 1. The van der Waals surface area contributed by atoms with E-state index in [4.69, 9.17) is 4.74 Å². The molecule has 1 saturated heterocycles. The third kappa shape index (κ3) is 4.41. The minimum Gasteiger partial charge on any atom is -0.481 e. The molecule has 4 rings (SSSR count). The lowest BCUT2D eigenvalue weighted by Crippen LogP contribution is -2.19. The smallest absolute Gasteiger partial charge is 0.416 e. The summed E-state index contributed by atoms with van der Waals surface area (Å²) in [6, 6.07) is 5.25. The normalized spacial score (nSPS) is 20.2. The number of hydrogen-bond acceptors (Lipinski definition) is 2. The number of alkyl halides is 3. The van der Waals surface area contributed by atoms with Gasteiger partial charge in [-0.25, -0.2) is 0 Å². The van der Waals surface area contributed by atoms with Crippen molar-refractivity contribution in [2.24, 2.45) is 0 Å². The lowest BCUT2D eigenvalue weighted by atomic mass is 9.81. The Kier molecular flexibility index (Phi) is 5.91. The second kappa shape index (κ2) is 8.46. The van der Waals surface area contributed by atoms with Crippen LogP contribution in [0.2, 0.25) is 0 Å². The molecule has 1 aromatic carbocycles. The molecule has 30 heavy (non-hydrogen) atoms. The first-order chi connectivity index (χ1) is 14.3. The number of nitrogens with zero attached hydrogens (tertiary/aromatic N) is 1. The lowest BCUT2D eigenvalue weighted by molar-refractivity contribution is -0.138. The molecule has 1 aliphatic heterocycles. The van der Waals surface area contributed by atoms with Crippen LogP contribution in [0.5, 0.6) is 0 Å². The average Bonchev–Trinajstić information content (AvgIpc) is 3.07. The first-order valence-electron chi connectivity index (χ1n) is 10.5. The summed E-state index contributed by atoms with van der Waals surface area (Å²) < 4.78 is 46.2. The Balaban J connectivity index is 1.69. The van der Waals surface area contributed by atoms with Crippen LogP contribution in [-0.4, -0.2) is 28.9 Å². The van der Waals surface area contributed by atoms with E-state index in [2.05, 4.69) is 10.8 Å². The van der Waals surface area contributed by atoms with Gasteiger partial charge >= 0.3 is 12.1 Å². The molecule has 1 aliphatic carbocycles. The maximum absolute atomic E-state index is 12.9. The van der Waals surface area contributed by atoms with Gasteiger partial charge in [-0.2, -0.15) is 13.2 Å². The Morgan fingerprint density at radius 1 is 1.13 bits per heavy atom. The lowest BCUT2D eigenvalue weighted by Gasteiger charge is -2.27. The van der Waals surface area contributed by atoms with Crippen LogP contribution in [0.1, 0.15) is 71.9 Å². The second-order valence-electron chi connectivity index (χ2n) is 8.34. The highest BCUT2D eigenvalue weighted by Crippen LogP contribution is 2.42. The number of carbonyl (C=O) groups is 1. The van der Waals surface area contributed by atoms with Gasteiger partial charge in [0.25, 0.3) is 0 Å². The maximum Gasteiger partial charge on any atom is 0.416 e. The van der Waals surface area contributed by atoms with Gasteiger partial charge < -0.3 is 14.4 Å². The van der Waals surface area contributed by atoms with Crippen molar-refractivity contribution in [2.75, 3.05) is 13.2 Å². The van der Waals surface area contributed by atoms with Gasteiger partial charge in [-0.05, 0) is 66.8 Å². The zero-order valence-electron chi connectivity index (χ0n) is 16.8. The minimum absolute atomic E-state index is 0.0608. The first kappa shape index (κ1) is 21.0. The number of halogens is 3. The molecule has 7 heteroatoms. The van der Waals surface area contributed by atoms with Crippen LogP contribution in [0, 0.1) is 0 Å². The molecular weight excluding hydrogens is 395 g/mol. The summed E-state index contributed by atoms with van der Waals surface area (Å²) in [4.78, 5) is 11.5. The molecule has 162 valence electrons. The van der Waals surface area contributed by atoms with Gasteiger partial charge in [0, 0.05) is 37.6 Å². The standard InChI is InChI=1S/C23H26F3NO3/c24-23(25,26)18-6-4-15(5-7-18)13-27-14-20(16-8-10-30-11-9-16)19-3-1-2-17(22(19)27)12-21(28)29/h4-7,14,16-17H,1-3,8-13H2,(H,28,29). The van der Waals surface area contributed by atoms with Gasteiger partial charge in [0.1, 0.15) is 0 Å². The highest BCUT2D eigenvalue weighted by molar-refractivity contribution is 5.68. The molecule has 1 unspecified atom stereocenters. The van der Waals surface area contributed by atoms with E-state index < -0.39 is 17.7 Å². The number of hydrogen-bond donors (Lipinski definition) is 1. The van der Waals surface area contributed by atoms with Crippen LogP contribution in [0.4, 0.5) is 13.2 Å². The molecule has 0 amide bonds.